The number of aromatic amines is 1. The van der Waals surface area contributed by atoms with Gasteiger partial charge in [0.05, 0.1) is 18.7 Å². The minimum Gasteiger partial charge on any atom is -0.495 e. The summed E-state index contributed by atoms with van der Waals surface area (Å²) in [5.74, 6) is 0.213. The van der Waals surface area contributed by atoms with E-state index in [4.69, 9.17) is 27.9 Å². The van der Waals surface area contributed by atoms with Crippen molar-refractivity contribution in [2.24, 2.45) is 0 Å². The first-order valence-electron chi connectivity index (χ1n) is 6.06. The molecule has 0 atom stereocenters. The van der Waals surface area contributed by atoms with E-state index < -0.39 is 23.1 Å². The highest BCUT2D eigenvalue weighted by Gasteiger charge is 2.33. The Morgan fingerprint density at radius 2 is 1.87 bits per heavy atom. The molecule has 1 heterocycles. The van der Waals surface area contributed by atoms with Crippen molar-refractivity contribution < 1.29 is 17.9 Å². The minimum absolute atomic E-state index is 0.100. The van der Waals surface area contributed by atoms with Crippen LogP contribution in [0.3, 0.4) is 0 Å². The lowest BCUT2D eigenvalue weighted by molar-refractivity contribution is -0.141. The van der Waals surface area contributed by atoms with Gasteiger partial charge in [0, 0.05) is 17.2 Å². The van der Waals surface area contributed by atoms with Crippen LogP contribution >= 0.6 is 23.2 Å². The van der Waals surface area contributed by atoms with E-state index in [0.717, 1.165) is 0 Å². The molecule has 5 nitrogen and oxygen atoms in total. The van der Waals surface area contributed by atoms with Crippen molar-refractivity contribution in [1.82, 2.24) is 9.55 Å². The first kappa shape index (κ1) is 17.4. The molecule has 0 spiro atoms. The number of alkyl halides is 3. The molecular formula is C13H9Cl2F3N2O3. The molecule has 0 bridgehead atoms. The van der Waals surface area contributed by atoms with Crippen LogP contribution in [-0.2, 0) is 12.7 Å². The predicted octanol–water partition coefficient (Wildman–Crippen LogP) is 2.92. The van der Waals surface area contributed by atoms with E-state index in [1.807, 2.05) is 0 Å². The van der Waals surface area contributed by atoms with E-state index in [2.05, 4.69) is 0 Å². The molecule has 0 radical (unpaired) electrons. The van der Waals surface area contributed by atoms with Crippen LogP contribution in [-0.4, -0.2) is 16.7 Å². The summed E-state index contributed by atoms with van der Waals surface area (Å²) in [5, 5.41) is 0.334. The van der Waals surface area contributed by atoms with Crippen molar-refractivity contribution in [3.05, 3.63) is 60.3 Å². The highest BCUT2D eigenvalue weighted by atomic mass is 35.5. The van der Waals surface area contributed by atoms with Gasteiger partial charge in [-0.2, -0.15) is 13.2 Å². The second-order valence-corrected chi connectivity index (χ2v) is 5.31. The molecule has 0 saturated carbocycles. The molecule has 1 aromatic heterocycles. The summed E-state index contributed by atoms with van der Waals surface area (Å²) in [6.07, 6.45) is -4.83. The lowest BCUT2D eigenvalue weighted by atomic mass is 10.2. The molecule has 2 rings (SSSR count). The molecule has 124 valence electrons. The minimum atomic E-state index is -4.83. The molecule has 1 aromatic carbocycles. The number of benzene rings is 1. The number of hydrogen-bond acceptors (Lipinski definition) is 3. The Kier molecular flexibility index (Phi) is 4.76. The smallest absolute Gasteiger partial charge is 0.431 e. The van der Waals surface area contributed by atoms with Crippen LogP contribution in [0.2, 0.25) is 10.0 Å². The third-order valence-electron chi connectivity index (χ3n) is 2.95. The van der Waals surface area contributed by atoms with E-state index in [0.29, 0.717) is 10.6 Å². The van der Waals surface area contributed by atoms with Gasteiger partial charge < -0.3 is 9.72 Å². The van der Waals surface area contributed by atoms with Crippen molar-refractivity contribution >= 4 is 23.2 Å². The number of methoxy groups -OCH3 is 1. The van der Waals surface area contributed by atoms with Gasteiger partial charge in [-0.05, 0) is 11.6 Å². The van der Waals surface area contributed by atoms with Crippen LogP contribution in [0.15, 0.2) is 27.8 Å². The number of nitrogens with one attached hydrogen (secondary N) is 1. The number of halogens is 5. The molecule has 2 aromatic rings. The molecule has 10 heteroatoms. The number of aromatic nitrogens is 2. The molecule has 0 saturated heterocycles. The highest BCUT2D eigenvalue weighted by molar-refractivity contribution is 6.34. The largest absolute Gasteiger partial charge is 0.495 e. The number of nitrogens with zero attached hydrogens (tertiary/aromatic N) is 1. The van der Waals surface area contributed by atoms with Gasteiger partial charge >= 0.3 is 11.9 Å². The van der Waals surface area contributed by atoms with Gasteiger partial charge in [0.2, 0.25) is 0 Å². The Hall–Kier alpha value is -1.93. The maximum Gasteiger partial charge on any atom is 0.431 e. The van der Waals surface area contributed by atoms with Crippen LogP contribution < -0.4 is 16.0 Å². The molecule has 1 N–H and O–H groups in total. The van der Waals surface area contributed by atoms with Crippen molar-refractivity contribution in [1.29, 1.82) is 0 Å². The normalized spacial score (nSPS) is 11.6. The van der Waals surface area contributed by atoms with Gasteiger partial charge in [-0.1, -0.05) is 23.2 Å². The second kappa shape index (κ2) is 6.29. The topological polar surface area (TPSA) is 64.1 Å². The second-order valence-electron chi connectivity index (χ2n) is 4.49. The van der Waals surface area contributed by atoms with Gasteiger partial charge in [-0.15, -0.1) is 0 Å². The van der Waals surface area contributed by atoms with E-state index >= 15 is 0 Å². The molecule has 0 aliphatic rings. The maximum atomic E-state index is 12.5. The van der Waals surface area contributed by atoms with Crippen LogP contribution in [0.1, 0.15) is 11.3 Å². The maximum absolute atomic E-state index is 12.5. The van der Waals surface area contributed by atoms with Crippen LogP contribution in [0.5, 0.6) is 5.75 Å². The fourth-order valence-electron chi connectivity index (χ4n) is 1.87. The highest BCUT2D eigenvalue weighted by Crippen LogP contribution is 2.32. The Bertz CT molecular complexity index is 828. The van der Waals surface area contributed by atoms with Crippen LogP contribution in [0.4, 0.5) is 13.2 Å². The first-order chi connectivity index (χ1) is 10.6. The summed E-state index contributed by atoms with van der Waals surface area (Å²) < 4.78 is 43.2. The monoisotopic (exact) mass is 368 g/mol. The van der Waals surface area contributed by atoms with Crippen LogP contribution in [0.25, 0.3) is 0 Å². The Balaban J connectivity index is 2.53. The molecule has 0 amide bonds. The Labute approximate surface area is 137 Å². The summed E-state index contributed by atoms with van der Waals surface area (Å²) in [5.41, 5.74) is -3.49. The lowest BCUT2D eigenvalue weighted by Gasteiger charge is -2.12. The van der Waals surface area contributed by atoms with E-state index in [1.54, 1.807) is 4.98 Å². The quantitative estimate of drug-likeness (QED) is 0.905. The summed E-state index contributed by atoms with van der Waals surface area (Å²) in [7, 11) is 1.35. The van der Waals surface area contributed by atoms with E-state index in [9.17, 15) is 22.8 Å². The van der Waals surface area contributed by atoms with Gasteiger partial charge in [0.15, 0.2) is 0 Å². The molecule has 0 fully saturated rings. The third-order valence-corrected chi connectivity index (χ3v) is 3.60. The number of rotatable bonds is 3. The Morgan fingerprint density at radius 3 is 2.39 bits per heavy atom. The summed E-state index contributed by atoms with van der Waals surface area (Å²) in [6, 6.07) is 3.11. The molecule has 23 heavy (non-hydrogen) atoms. The lowest BCUT2D eigenvalue weighted by Crippen LogP contribution is -2.37. The van der Waals surface area contributed by atoms with Gasteiger partial charge in [-0.3, -0.25) is 9.36 Å². The van der Waals surface area contributed by atoms with Crippen molar-refractivity contribution in [2.75, 3.05) is 7.11 Å². The molecule has 0 unspecified atom stereocenters. The summed E-state index contributed by atoms with van der Waals surface area (Å²) >= 11 is 11.9. The standard InChI is InChI=1S/C13H9Cl2F3N2O3/c1-23-8-3-7(14)2-6(11(8)15)5-20-10(21)4-9(13(16,17)18)19-12(20)22/h2-4H,5H2,1H3,(H,19,22). The zero-order valence-corrected chi connectivity index (χ0v) is 13.0. The zero-order chi connectivity index (χ0) is 17.4. The zero-order valence-electron chi connectivity index (χ0n) is 11.5. The van der Waals surface area contributed by atoms with Gasteiger partial charge in [-0.25, -0.2) is 4.79 Å². The van der Waals surface area contributed by atoms with Crippen molar-refractivity contribution in [3.63, 3.8) is 0 Å². The SMILES string of the molecule is COc1cc(Cl)cc(Cn2c(=O)cc(C(F)(F)F)[nH]c2=O)c1Cl. The number of ether oxygens (including phenoxy) is 1. The Morgan fingerprint density at radius 1 is 1.22 bits per heavy atom. The van der Waals surface area contributed by atoms with Gasteiger partial charge in [0.25, 0.3) is 5.56 Å². The van der Waals surface area contributed by atoms with E-state index in [1.165, 1.54) is 19.2 Å². The molecule has 0 aliphatic carbocycles. The average molecular weight is 369 g/mol. The average Bonchev–Trinajstić information content (AvgIpc) is 2.44. The van der Waals surface area contributed by atoms with Crippen molar-refractivity contribution in [2.45, 2.75) is 12.7 Å². The number of H-pyrrole nitrogens is 1. The third kappa shape index (κ3) is 3.70. The fourth-order valence-corrected chi connectivity index (χ4v) is 2.35. The number of hydrogen-bond donors (Lipinski definition) is 1. The van der Waals surface area contributed by atoms with Gasteiger partial charge in [0.1, 0.15) is 11.4 Å². The summed E-state index contributed by atoms with van der Waals surface area (Å²) in [6.45, 7) is -0.359. The predicted molar refractivity (Wildman–Crippen MR) is 78.4 cm³/mol. The van der Waals surface area contributed by atoms with Crippen molar-refractivity contribution in [3.8, 4) is 5.75 Å². The molecule has 0 aliphatic heterocycles. The van der Waals surface area contributed by atoms with Crippen LogP contribution in [0, 0.1) is 0 Å². The first-order valence-corrected chi connectivity index (χ1v) is 6.82. The molecular weight excluding hydrogens is 360 g/mol. The fraction of sp³-hybridized carbons (Fsp3) is 0.231. The van der Waals surface area contributed by atoms with E-state index in [-0.39, 0.29) is 27.9 Å². The summed E-state index contributed by atoms with van der Waals surface area (Å²) in [4.78, 5) is 25.2.